The van der Waals surface area contributed by atoms with E-state index >= 15 is 0 Å². The molecule has 0 saturated carbocycles. The van der Waals surface area contributed by atoms with E-state index < -0.39 is 11.1 Å². The molecule has 0 fully saturated rings. The maximum atomic E-state index is 12.3. The topological polar surface area (TPSA) is 71.5 Å². The number of fused-ring (bicyclic) bond motifs is 1. The first kappa shape index (κ1) is 17.0. The first-order chi connectivity index (χ1) is 11.5. The van der Waals surface area contributed by atoms with Gasteiger partial charge in [-0.1, -0.05) is 23.2 Å². The van der Waals surface area contributed by atoms with E-state index in [1.807, 2.05) is 0 Å². The normalized spacial score (nSPS) is 12.3. The van der Waals surface area contributed by atoms with Crippen LogP contribution in [0.15, 0.2) is 47.4 Å². The highest BCUT2D eigenvalue weighted by molar-refractivity contribution is 7.80. The Morgan fingerprint density at radius 2 is 1.88 bits per heavy atom. The molecule has 0 aliphatic carbocycles. The van der Waals surface area contributed by atoms with Gasteiger partial charge in [-0.3, -0.25) is 5.48 Å². The van der Waals surface area contributed by atoms with Crippen LogP contribution in [-0.4, -0.2) is 14.3 Å². The van der Waals surface area contributed by atoms with Crippen molar-refractivity contribution in [2.45, 2.75) is 11.8 Å². The fourth-order valence-electron chi connectivity index (χ4n) is 2.08. The fourth-order valence-corrected chi connectivity index (χ4v) is 3.27. The van der Waals surface area contributed by atoms with Gasteiger partial charge in [-0.25, -0.2) is 9.19 Å². The molecule has 3 aromatic rings. The first-order valence-electron chi connectivity index (χ1n) is 6.85. The van der Waals surface area contributed by atoms with Crippen molar-refractivity contribution in [1.82, 2.24) is 4.98 Å². The number of nitrogens with zero attached hydrogens (tertiary/aromatic N) is 1. The Morgan fingerprint density at radius 1 is 1.17 bits per heavy atom. The van der Waals surface area contributed by atoms with Gasteiger partial charge in [-0.2, -0.15) is 4.28 Å². The summed E-state index contributed by atoms with van der Waals surface area (Å²) in [4.78, 5) is 4.28. The lowest BCUT2D eigenvalue weighted by Gasteiger charge is -2.10. The summed E-state index contributed by atoms with van der Waals surface area (Å²) in [7, 11) is 0. The molecule has 0 saturated heterocycles. The second-order valence-electron chi connectivity index (χ2n) is 4.98. The standard InChI is InChI=1S/C16H12Cl2N2O3S/c1-9-2-7-12-13(18)8-14(16(21)15(12)19-9)24(22)23-20-11-5-3-10(17)4-6-11/h2-8,20-21H,1H3. The van der Waals surface area contributed by atoms with E-state index in [1.165, 1.54) is 6.07 Å². The minimum atomic E-state index is -1.99. The summed E-state index contributed by atoms with van der Waals surface area (Å²) in [6.07, 6.45) is 0. The lowest BCUT2D eigenvalue weighted by Crippen LogP contribution is -2.06. The number of rotatable bonds is 4. The maximum absolute atomic E-state index is 12.3. The van der Waals surface area contributed by atoms with Gasteiger partial charge in [-0.15, -0.1) is 0 Å². The predicted molar refractivity (Wildman–Crippen MR) is 95.7 cm³/mol. The molecule has 1 atom stereocenters. The lowest BCUT2D eigenvalue weighted by atomic mass is 10.2. The molecule has 5 nitrogen and oxygen atoms in total. The Balaban J connectivity index is 1.89. The quantitative estimate of drug-likeness (QED) is 0.644. The van der Waals surface area contributed by atoms with E-state index in [0.717, 1.165) is 0 Å². The van der Waals surface area contributed by atoms with Crippen molar-refractivity contribution in [3.63, 3.8) is 0 Å². The third-order valence-electron chi connectivity index (χ3n) is 3.27. The third-order valence-corrected chi connectivity index (χ3v) is 4.74. The molecule has 24 heavy (non-hydrogen) atoms. The van der Waals surface area contributed by atoms with Crippen molar-refractivity contribution >= 4 is 50.9 Å². The van der Waals surface area contributed by atoms with Gasteiger partial charge < -0.3 is 5.11 Å². The number of aromatic hydroxyl groups is 1. The Bertz CT molecular complexity index is 933. The molecule has 2 aromatic carbocycles. The fraction of sp³-hybridized carbons (Fsp3) is 0.0625. The number of phenols is 1. The van der Waals surface area contributed by atoms with E-state index in [9.17, 15) is 9.32 Å². The molecule has 0 spiro atoms. The summed E-state index contributed by atoms with van der Waals surface area (Å²) in [5.41, 5.74) is 4.09. The molecule has 0 radical (unpaired) electrons. The van der Waals surface area contributed by atoms with Crippen LogP contribution in [0, 0.1) is 6.92 Å². The number of aromatic nitrogens is 1. The Hall–Kier alpha value is -1.86. The molecule has 0 aliphatic rings. The highest BCUT2D eigenvalue weighted by Gasteiger charge is 2.18. The van der Waals surface area contributed by atoms with Crippen molar-refractivity contribution < 1.29 is 13.6 Å². The molecule has 0 bridgehead atoms. The van der Waals surface area contributed by atoms with Crippen molar-refractivity contribution in [3.05, 3.63) is 58.2 Å². The molecule has 3 rings (SSSR count). The average molecular weight is 383 g/mol. The molecule has 8 heteroatoms. The minimum Gasteiger partial charge on any atom is -0.504 e. The molecule has 124 valence electrons. The van der Waals surface area contributed by atoms with Gasteiger partial charge in [0.15, 0.2) is 5.75 Å². The number of pyridine rings is 1. The number of hydrogen-bond donors (Lipinski definition) is 2. The summed E-state index contributed by atoms with van der Waals surface area (Å²) in [6, 6.07) is 11.6. The van der Waals surface area contributed by atoms with Gasteiger partial charge in [0.25, 0.3) is 0 Å². The molecule has 1 heterocycles. The maximum Gasteiger partial charge on any atom is 0.216 e. The first-order valence-corrected chi connectivity index (χ1v) is 8.68. The number of benzene rings is 2. The minimum absolute atomic E-state index is 0.0343. The van der Waals surface area contributed by atoms with Gasteiger partial charge in [0.1, 0.15) is 10.4 Å². The molecule has 1 aromatic heterocycles. The van der Waals surface area contributed by atoms with Crippen LogP contribution in [0.3, 0.4) is 0 Å². The van der Waals surface area contributed by atoms with E-state index in [-0.39, 0.29) is 16.2 Å². The molecule has 2 N–H and O–H groups in total. The summed E-state index contributed by atoms with van der Waals surface area (Å²) < 4.78 is 17.4. The van der Waals surface area contributed by atoms with Gasteiger partial charge >= 0.3 is 0 Å². The van der Waals surface area contributed by atoms with E-state index in [1.54, 1.807) is 43.3 Å². The number of halogens is 2. The second kappa shape index (κ2) is 6.94. The van der Waals surface area contributed by atoms with Gasteiger partial charge in [0.05, 0.1) is 10.7 Å². The van der Waals surface area contributed by atoms with Crippen molar-refractivity contribution in [3.8, 4) is 5.75 Å². The zero-order chi connectivity index (χ0) is 17.3. The highest BCUT2D eigenvalue weighted by Crippen LogP contribution is 2.35. The largest absolute Gasteiger partial charge is 0.504 e. The Kier molecular flexibility index (Phi) is 4.91. The van der Waals surface area contributed by atoms with Crippen LogP contribution < -0.4 is 5.48 Å². The SMILES string of the molecule is Cc1ccc2c(Cl)cc(S(=O)ONc3ccc(Cl)cc3)c(O)c2n1. The Labute approximate surface area is 150 Å². The molecular formula is C16H12Cl2N2O3S. The van der Waals surface area contributed by atoms with E-state index in [2.05, 4.69) is 10.5 Å². The van der Waals surface area contributed by atoms with Crippen LogP contribution in [-0.2, 0) is 15.4 Å². The van der Waals surface area contributed by atoms with Crippen LogP contribution in [0.5, 0.6) is 5.75 Å². The van der Waals surface area contributed by atoms with Crippen LogP contribution in [0.2, 0.25) is 10.0 Å². The number of anilines is 1. The molecule has 0 aliphatic heterocycles. The van der Waals surface area contributed by atoms with E-state index in [0.29, 0.717) is 26.8 Å². The number of phenolic OH excluding ortho intramolecular Hbond substituents is 1. The van der Waals surface area contributed by atoms with Crippen LogP contribution in [0.4, 0.5) is 5.69 Å². The molecule has 1 unspecified atom stereocenters. The summed E-state index contributed by atoms with van der Waals surface area (Å²) >= 11 is 9.99. The van der Waals surface area contributed by atoms with Crippen LogP contribution in [0.1, 0.15) is 5.69 Å². The second-order valence-corrected chi connectivity index (χ2v) is 6.90. The van der Waals surface area contributed by atoms with Crippen molar-refractivity contribution in [2.24, 2.45) is 0 Å². The number of aryl methyl sites for hydroxylation is 1. The zero-order valence-electron chi connectivity index (χ0n) is 12.4. The summed E-state index contributed by atoms with van der Waals surface area (Å²) in [5.74, 6) is -0.227. The van der Waals surface area contributed by atoms with Gasteiger partial charge in [0.2, 0.25) is 11.1 Å². The third kappa shape index (κ3) is 3.47. The van der Waals surface area contributed by atoms with Crippen molar-refractivity contribution in [2.75, 3.05) is 5.48 Å². The van der Waals surface area contributed by atoms with Crippen LogP contribution in [0.25, 0.3) is 10.9 Å². The predicted octanol–water partition coefficient (Wildman–Crippen LogP) is 4.62. The molecule has 0 amide bonds. The lowest BCUT2D eigenvalue weighted by molar-refractivity contribution is 0.425. The monoisotopic (exact) mass is 382 g/mol. The van der Waals surface area contributed by atoms with Gasteiger partial charge in [-0.05, 0) is 49.4 Å². The zero-order valence-corrected chi connectivity index (χ0v) is 14.7. The smallest absolute Gasteiger partial charge is 0.216 e. The summed E-state index contributed by atoms with van der Waals surface area (Å²) in [5, 5.41) is 11.8. The Morgan fingerprint density at radius 3 is 2.58 bits per heavy atom. The highest BCUT2D eigenvalue weighted by atomic mass is 35.5. The number of nitrogens with one attached hydrogen (secondary N) is 1. The average Bonchev–Trinajstić information content (AvgIpc) is 2.57. The van der Waals surface area contributed by atoms with Crippen LogP contribution >= 0.6 is 23.2 Å². The van der Waals surface area contributed by atoms with Crippen molar-refractivity contribution in [1.29, 1.82) is 0 Å². The number of hydrogen-bond acceptors (Lipinski definition) is 5. The van der Waals surface area contributed by atoms with Gasteiger partial charge in [0, 0.05) is 16.1 Å². The molecular weight excluding hydrogens is 371 g/mol. The van der Waals surface area contributed by atoms with E-state index in [4.69, 9.17) is 27.5 Å². The summed E-state index contributed by atoms with van der Waals surface area (Å²) in [6.45, 7) is 1.79.